The third kappa shape index (κ3) is 3.03. The van der Waals surface area contributed by atoms with E-state index in [-0.39, 0.29) is 0 Å². The van der Waals surface area contributed by atoms with Crippen LogP contribution in [0.25, 0.3) is 27.9 Å². The van der Waals surface area contributed by atoms with Crippen molar-refractivity contribution >= 4 is 17.4 Å². The second-order valence-corrected chi connectivity index (χ2v) is 5.39. The first-order chi connectivity index (χ1) is 10.4. The van der Waals surface area contributed by atoms with Gasteiger partial charge in [0.05, 0.1) is 19.1 Å². The van der Waals surface area contributed by atoms with Gasteiger partial charge in [-0.25, -0.2) is 4.98 Å². The summed E-state index contributed by atoms with van der Waals surface area (Å²) in [4.78, 5) is 4.76. The number of nitrogens with zero attached hydrogens (tertiary/aromatic N) is 1. The Bertz CT molecular complexity index is 747. The molecule has 0 unspecified atom stereocenters. The van der Waals surface area contributed by atoms with E-state index in [1.165, 1.54) is 0 Å². The van der Waals surface area contributed by atoms with E-state index in [9.17, 15) is 0 Å². The number of thiazole rings is 1. The predicted octanol–water partition coefficient (Wildman–Crippen LogP) is 5.09. The largest absolute Gasteiger partial charge is 0.504 e. The van der Waals surface area contributed by atoms with Crippen molar-refractivity contribution in [1.29, 1.82) is 0 Å². The maximum absolute atomic E-state index is 5.01. The van der Waals surface area contributed by atoms with Gasteiger partial charge >= 0.3 is 0 Å². The van der Waals surface area contributed by atoms with Gasteiger partial charge in [-0.2, -0.15) is 0 Å². The molecule has 0 amide bonds. The molecular formula is C18H15NOS. The molecule has 3 aromatic rings. The summed E-state index contributed by atoms with van der Waals surface area (Å²) in [6.07, 6.45) is 3.64. The third-order valence-electron chi connectivity index (χ3n) is 3.15. The van der Waals surface area contributed by atoms with Crippen LogP contribution < -0.4 is 0 Å². The molecule has 0 saturated heterocycles. The average molecular weight is 293 g/mol. The molecule has 1 aromatic heterocycles. The highest BCUT2D eigenvalue weighted by Gasteiger charge is 2.08. The minimum atomic E-state index is 0.996. The fraction of sp³-hybridized carbons (Fsp3) is 0.0556. The van der Waals surface area contributed by atoms with E-state index >= 15 is 0 Å². The normalized spacial score (nSPS) is 10.9. The molecule has 2 nitrogen and oxygen atoms in total. The van der Waals surface area contributed by atoms with Crippen molar-refractivity contribution in [2.75, 3.05) is 7.11 Å². The smallest absolute Gasteiger partial charge is 0.124 e. The van der Waals surface area contributed by atoms with Gasteiger partial charge in [0.2, 0.25) is 0 Å². The monoisotopic (exact) mass is 293 g/mol. The van der Waals surface area contributed by atoms with E-state index in [1.54, 1.807) is 24.7 Å². The summed E-state index contributed by atoms with van der Waals surface area (Å²) in [5.74, 6) is 0. The maximum atomic E-state index is 5.01. The van der Waals surface area contributed by atoms with Crippen LogP contribution in [0.1, 0.15) is 5.56 Å². The Kier molecular flexibility index (Phi) is 4.12. The van der Waals surface area contributed by atoms with Crippen LogP contribution >= 0.6 is 11.3 Å². The van der Waals surface area contributed by atoms with E-state index in [2.05, 4.69) is 29.6 Å². The number of hydrogen-bond acceptors (Lipinski definition) is 3. The van der Waals surface area contributed by atoms with Crippen LogP contribution in [0.2, 0.25) is 0 Å². The quantitative estimate of drug-likeness (QED) is 0.625. The zero-order valence-electron chi connectivity index (χ0n) is 11.7. The van der Waals surface area contributed by atoms with Crippen molar-refractivity contribution < 1.29 is 4.74 Å². The SMILES string of the molecule is COC=Cc1ccccc1-c1csc(-c2ccccc2)n1. The number of ether oxygens (including phenoxy) is 1. The highest BCUT2D eigenvalue weighted by Crippen LogP contribution is 2.30. The molecule has 0 aliphatic rings. The zero-order chi connectivity index (χ0) is 14.5. The van der Waals surface area contributed by atoms with Crippen molar-refractivity contribution in [3.63, 3.8) is 0 Å². The summed E-state index contributed by atoms with van der Waals surface area (Å²) in [5.41, 5.74) is 4.36. The van der Waals surface area contributed by atoms with Crippen molar-refractivity contribution in [2.45, 2.75) is 0 Å². The molecular weight excluding hydrogens is 278 g/mol. The summed E-state index contributed by atoms with van der Waals surface area (Å²) in [6.45, 7) is 0. The van der Waals surface area contributed by atoms with Crippen molar-refractivity contribution in [1.82, 2.24) is 4.98 Å². The van der Waals surface area contributed by atoms with Crippen LogP contribution in [0.5, 0.6) is 0 Å². The van der Waals surface area contributed by atoms with Gasteiger partial charge in [0.1, 0.15) is 5.01 Å². The Morgan fingerprint density at radius 3 is 2.57 bits per heavy atom. The van der Waals surface area contributed by atoms with Crippen molar-refractivity contribution in [2.24, 2.45) is 0 Å². The van der Waals surface area contributed by atoms with Crippen LogP contribution in [0.3, 0.4) is 0 Å². The Morgan fingerprint density at radius 1 is 1.00 bits per heavy atom. The first kappa shape index (κ1) is 13.6. The second kappa shape index (κ2) is 6.37. The minimum absolute atomic E-state index is 0.996. The number of benzene rings is 2. The molecule has 0 bridgehead atoms. The molecule has 0 N–H and O–H groups in total. The number of rotatable bonds is 4. The van der Waals surface area contributed by atoms with Crippen LogP contribution in [0.15, 0.2) is 66.2 Å². The lowest BCUT2D eigenvalue weighted by Gasteiger charge is -2.02. The maximum Gasteiger partial charge on any atom is 0.124 e. The molecule has 2 aromatic carbocycles. The Balaban J connectivity index is 1.99. The minimum Gasteiger partial charge on any atom is -0.504 e. The molecule has 0 atom stereocenters. The highest BCUT2D eigenvalue weighted by molar-refractivity contribution is 7.13. The Hall–Kier alpha value is -2.39. The topological polar surface area (TPSA) is 22.1 Å². The number of methoxy groups -OCH3 is 1. The molecule has 1 heterocycles. The fourth-order valence-electron chi connectivity index (χ4n) is 2.13. The summed E-state index contributed by atoms with van der Waals surface area (Å²) in [5, 5.41) is 3.14. The average Bonchev–Trinajstić information content (AvgIpc) is 3.04. The van der Waals surface area contributed by atoms with Gasteiger partial charge in [-0.3, -0.25) is 0 Å². The highest BCUT2D eigenvalue weighted by atomic mass is 32.1. The third-order valence-corrected chi connectivity index (χ3v) is 4.04. The fourth-order valence-corrected chi connectivity index (χ4v) is 2.95. The molecule has 0 radical (unpaired) electrons. The summed E-state index contributed by atoms with van der Waals surface area (Å²) in [7, 11) is 1.65. The first-order valence-electron chi connectivity index (χ1n) is 6.68. The molecule has 3 heteroatoms. The van der Waals surface area contributed by atoms with E-state index in [0.29, 0.717) is 0 Å². The first-order valence-corrected chi connectivity index (χ1v) is 7.56. The van der Waals surface area contributed by atoms with Gasteiger partial charge in [0.15, 0.2) is 0 Å². The summed E-state index contributed by atoms with van der Waals surface area (Å²) < 4.78 is 5.01. The van der Waals surface area contributed by atoms with Crippen molar-refractivity contribution in [3.8, 4) is 21.8 Å². The molecule has 0 saturated carbocycles. The standard InChI is InChI=1S/C18H15NOS/c1-20-12-11-14-7-5-6-10-16(14)17-13-21-18(19-17)15-8-3-2-4-9-15/h2-13H,1H3. The second-order valence-electron chi connectivity index (χ2n) is 4.53. The molecule has 104 valence electrons. The lowest BCUT2D eigenvalue weighted by Crippen LogP contribution is -1.84. The van der Waals surface area contributed by atoms with E-state index in [0.717, 1.165) is 27.4 Å². The number of hydrogen-bond donors (Lipinski definition) is 0. The van der Waals surface area contributed by atoms with Gasteiger partial charge in [-0.1, -0.05) is 54.6 Å². The molecule has 3 rings (SSSR count). The molecule has 0 spiro atoms. The van der Waals surface area contributed by atoms with E-state index in [4.69, 9.17) is 9.72 Å². The lowest BCUT2D eigenvalue weighted by atomic mass is 10.1. The van der Waals surface area contributed by atoms with Crippen LogP contribution in [0, 0.1) is 0 Å². The predicted molar refractivity (Wildman–Crippen MR) is 89.0 cm³/mol. The van der Waals surface area contributed by atoms with Crippen LogP contribution in [-0.4, -0.2) is 12.1 Å². The Labute approximate surface area is 128 Å². The molecule has 0 aliphatic carbocycles. The van der Waals surface area contributed by atoms with E-state index < -0.39 is 0 Å². The number of aromatic nitrogens is 1. The molecule has 0 fully saturated rings. The van der Waals surface area contributed by atoms with Crippen molar-refractivity contribution in [3.05, 3.63) is 71.8 Å². The van der Waals surface area contributed by atoms with Crippen LogP contribution in [-0.2, 0) is 4.74 Å². The van der Waals surface area contributed by atoms with Gasteiger partial charge in [0.25, 0.3) is 0 Å². The van der Waals surface area contributed by atoms with E-state index in [1.807, 2.05) is 36.4 Å². The Morgan fingerprint density at radius 2 is 1.76 bits per heavy atom. The molecule has 21 heavy (non-hydrogen) atoms. The van der Waals surface area contributed by atoms with Crippen LogP contribution in [0.4, 0.5) is 0 Å². The zero-order valence-corrected chi connectivity index (χ0v) is 12.5. The van der Waals surface area contributed by atoms with Gasteiger partial charge in [0, 0.05) is 16.5 Å². The van der Waals surface area contributed by atoms with Gasteiger partial charge < -0.3 is 4.74 Å². The summed E-state index contributed by atoms with van der Waals surface area (Å²) in [6, 6.07) is 18.4. The molecule has 0 aliphatic heterocycles. The van der Waals surface area contributed by atoms with Gasteiger partial charge in [-0.05, 0) is 11.6 Å². The van der Waals surface area contributed by atoms with Gasteiger partial charge in [-0.15, -0.1) is 11.3 Å². The summed E-state index contributed by atoms with van der Waals surface area (Å²) >= 11 is 1.66. The lowest BCUT2D eigenvalue weighted by molar-refractivity contribution is 0.341.